The van der Waals surface area contributed by atoms with Crippen LogP contribution in [0.2, 0.25) is 0 Å². The van der Waals surface area contributed by atoms with E-state index in [9.17, 15) is 0 Å². The molecule has 0 N–H and O–H groups in total. The van der Waals surface area contributed by atoms with Gasteiger partial charge in [-0.1, -0.05) is 122 Å². The molecule has 64 heavy (non-hydrogen) atoms. The summed E-state index contributed by atoms with van der Waals surface area (Å²) in [5, 5.41) is 4.37. The molecule has 0 fully saturated rings. The van der Waals surface area contributed by atoms with Crippen molar-refractivity contribution >= 4 is 0 Å². The Morgan fingerprint density at radius 3 is 1.69 bits per heavy atom. The summed E-state index contributed by atoms with van der Waals surface area (Å²) < 4.78 is 1.84. The van der Waals surface area contributed by atoms with Gasteiger partial charge in [-0.2, -0.15) is 28.9 Å². The second kappa shape index (κ2) is 19.8. The molecule has 0 saturated heterocycles. The first-order valence-corrected chi connectivity index (χ1v) is 21.5. The van der Waals surface area contributed by atoms with Gasteiger partial charge in [0.15, 0.2) is 0 Å². The molecule has 0 bridgehead atoms. The van der Waals surface area contributed by atoms with Gasteiger partial charge in [0.1, 0.15) is 0 Å². The molecular weight excluding hydrogens is 957 g/mol. The Balaban J connectivity index is 0.00000518. The third kappa shape index (κ3) is 9.67. The minimum Gasteiger partial charge on any atom is -0.304 e. The third-order valence-corrected chi connectivity index (χ3v) is 11.6. The zero-order valence-corrected chi connectivity index (χ0v) is 37.6. The summed E-state index contributed by atoms with van der Waals surface area (Å²) in [7, 11) is 0. The smallest absolute Gasteiger partial charge is 0.304 e. The maximum Gasteiger partial charge on any atom is 3.00 e. The maximum atomic E-state index is 5.07. The van der Waals surface area contributed by atoms with E-state index < -0.39 is 0 Å². The molecule has 3 heterocycles. The van der Waals surface area contributed by atoms with Gasteiger partial charge in [-0.3, -0.25) is 4.68 Å². The summed E-state index contributed by atoms with van der Waals surface area (Å²) in [4.78, 5) is 9.88. The van der Waals surface area contributed by atoms with Crippen LogP contribution in [0.25, 0.3) is 72.7 Å². The van der Waals surface area contributed by atoms with Crippen LogP contribution in [0.1, 0.15) is 22.3 Å². The van der Waals surface area contributed by atoms with Crippen molar-refractivity contribution < 1.29 is 20.1 Å². The number of hydrogen-bond acceptors (Lipinski definition) is 3. The van der Waals surface area contributed by atoms with Gasteiger partial charge in [0.05, 0.1) is 0 Å². The number of benzene rings is 7. The van der Waals surface area contributed by atoms with Crippen LogP contribution in [0.5, 0.6) is 0 Å². The Morgan fingerprint density at radius 1 is 0.406 bits per heavy atom. The van der Waals surface area contributed by atoms with Gasteiger partial charge in [-0.05, 0) is 98.0 Å². The Kier molecular flexibility index (Phi) is 13.0. The van der Waals surface area contributed by atoms with Crippen LogP contribution >= 0.6 is 0 Å². The van der Waals surface area contributed by atoms with Gasteiger partial charge < -0.3 is 9.97 Å². The van der Waals surface area contributed by atoms with E-state index in [-0.39, 0.29) is 20.1 Å². The molecule has 4 nitrogen and oxygen atoms in total. The van der Waals surface area contributed by atoms with Crippen molar-refractivity contribution in [1.29, 1.82) is 0 Å². The van der Waals surface area contributed by atoms with Crippen molar-refractivity contribution in [3.63, 3.8) is 0 Å². The molecule has 0 saturated carbocycles. The van der Waals surface area contributed by atoms with Gasteiger partial charge in [-0.15, -0.1) is 77.9 Å². The molecule has 10 rings (SSSR count). The van der Waals surface area contributed by atoms with Crippen molar-refractivity contribution in [2.75, 3.05) is 0 Å². The minimum atomic E-state index is 0. The average molecular weight is 1000 g/mol. The van der Waals surface area contributed by atoms with E-state index in [0.29, 0.717) is 0 Å². The quantitative estimate of drug-likeness (QED) is 0.108. The van der Waals surface area contributed by atoms with Crippen LogP contribution in [-0.2, 0) is 45.8 Å². The summed E-state index contributed by atoms with van der Waals surface area (Å²) in [5.74, 6) is 0. The van der Waals surface area contributed by atoms with Crippen LogP contribution < -0.4 is 0 Å². The van der Waals surface area contributed by atoms with E-state index in [1.54, 1.807) is 6.20 Å². The molecule has 0 aliphatic rings. The van der Waals surface area contributed by atoms with Gasteiger partial charge in [-0.25, -0.2) is 0 Å². The van der Waals surface area contributed by atoms with E-state index in [0.717, 1.165) is 76.1 Å². The van der Waals surface area contributed by atoms with Crippen molar-refractivity contribution in [2.24, 2.45) is 0 Å². The number of hydrogen-bond donors (Lipinski definition) is 0. The van der Waals surface area contributed by atoms with Crippen LogP contribution in [0.15, 0.2) is 213 Å². The summed E-state index contributed by atoms with van der Waals surface area (Å²) in [6, 6.07) is 76.4. The topological polar surface area (TPSA) is 43.6 Å². The Bertz CT molecular complexity index is 3060. The first-order valence-electron chi connectivity index (χ1n) is 21.5. The van der Waals surface area contributed by atoms with Crippen molar-refractivity contribution in [1.82, 2.24) is 19.7 Å². The minimum absolute atomic E-state index is 0. The standard InChI is InChI=1S/C59H43N4.Ir/c1-4-13-47(14-5-1)48-28-30-49(31-29-48)56-40-59(51-17-8-3-9-18-51)61-42-57(56)55-20-11-10-19-54(55)52-38-45(23-21-43-25-32-53(33-26-43)63-36-12-35-62-63)37-46(39-52)24-22-44-27-34-58(60-41-44)50-15-6-2-7-16-50;/h1-15,17,19-20,25-32,34-42H,21-24H2;/q-3;+3. The molecule has 0 radical (unpaired) electrons. The molecule has 3 aromatic heterocycles. The van der Waals surface area contributed by atoms with Crippen LogP contribution in [0.3, 0.4) is 0 Å². The molecule has 0 aliphatic carbocycles. The normalized spacial score (nSPS) is 10.9. The summed E-state index contributed by atoms with van der Waals surface area (Å²) in [6.07, 6.45) is 11.4. The van der Waals surface area contributed by atoms with Crippen LogP contribution in [0, 0.1) is 18.2 Å². The second-order valence-electron chi connectivity index (χ2n) is 15.8. The van der Waals surface area contributed by atoms with Gasteiger partial charge in [0.25, 0.3) is 0 Å². The Morgan fingerprint density at radius 2 is 1.03 bits per heavy atom. The second-order valence-corrected chi connectivity index (χ2v) is 15.8. The van der Waals surface area contributed by atoms with E-state index in [1.165, 1.54) is 44.5 Å². The Hall–Kier alpha value is -7.30. The fraction of sp³-hybridized carbons (Fsp3) is 0.0678. The molecule has 10 aromatic rings. The summed E-state index contributed by atoms with van der Waals surface area (Å²) >= 11 is 0. The number of nitrogens with zero attached hydrogens (tertiary/aromatic N) is 4. The predicted molar refractivity (Wildman–Crippen MR) is 256 cm³/mol. The van der Waals surface area contributed by atoms with Crippen molar-refractivity contribution in [2.45, 2.75) is 25.7 Å². The molecule has 5 heteroatoms. The maximum absolute atomic E-state index is 5.07. The number of aryl methyl sites for hydroxylation is 4. The van der Waals surface area contributed by atoms with E-state index >= 15 is 0 Å². The van der Waals surface area contributed by atoms with Crippen LogP contribution in [0.4, 0.5) is 0 Å². The number of aromatic nitrogens is 4. The first kappa shape index (κ1) is 42.0. The van der Waals surface area contributed by atoms with Gasteiger partial charge in [0.2, 0.25) is 0 Å². The molecular formula is C59H43IrN4. The average Bonchev–Trinajstić information content (AvgIpc) is 3.92. The monoisotopic (exact) mass is 1000 g/mol. The first-order chi connectivity index (χ1) is 31.2. The zero-order chi connectivity index (χ0) is 42.2. The van der Waals surface area contributed by atoms with Gasteiger partial charge in [0, 0.05) is 30.4 Å². The zero-order valence-electron chi connectivity index (χ0n) is 35.2. The molecule has 0 spiro atoms. The summed E-state index contributed by atoms with van der Waals surface area (Å²) in [5.41, 5.74) is 19.0. The van der Waals surface area contributed by atoms with Crippen molar-refractivity contribution in [3.8, 4) is 72.7 Å². The van der Waals surface area contributed by atoms with Crippen LogP contribution in [-0.4, -0.2) is 19.7 Å². The fourth-order valence-corrected chi connectivity index (χ4v) is 8.28. The van der Waals surface area contributed by atoms with Gasteiger partial charge >= 0.3 is 20.1 Å². The number of rotatable bonds is 13. The summed E-state index contributed by atoms with van der Waals surface area (Å²) in [6.45, 7) is 0. The molecule has 0 aliphatic heterocycles. The largest absolute Gasteiger partial charge is 3.00 e. The fourth-order valence-electron chi connectivity index (χ4n) is 8.28. The Labute approximate surface area is 389 Å². The van der Waals surface area contributed by atoms with E-state index in [1.807, 2.05) is 65.7 Å². The molecule has 0 atom stereocenters. The number of pyridine rings is 2. The van der Waals surface area contributed by atoms with E-state index in [2.05, 4.69) is 169 Å². The molecule has 0 unspecified atom stereocenters. The predicted octanol–water partition coefficient (Wildman–Crippen LogP) is 13.6. The molecule has 7 aromatic carbocycles. The van der Waals surface area contributed by atoms with E-state index in [4.69, 9.17) is 9.97 Å². The SMILES string of the molecule is [Ir+3].[c-]1ccccc1-c1ccc(CCc2cc(CCc3c[c-]c(-n4cccn4)cc3)cc(-c3ccccc3-c3cnc(-c4[c-]cccc4)cc3-c3ccc(-c4ccccc4)cc3)c2)cn1. The van der Waals surface area contributed by atoms with Crippen molar-refractivity contribution in [3.05, 3.63) is 253 Å². The molecule has 0 amide bonds. The third-order valence-electron chi connectivity index (χ3n) is 11.6. The molecule has 308 valence electrons.